The zero-order valence-corrected chi connectivity index (χ0v) is 84.2. The van der Waals surface area contributed by atoms with Gasteiger partial charge in [-0.1, -0.05) is 250 Å². The topological polar surface area (TPSA) is 270 Å². The Morgan fingerprint density at radius 3 is 0.807 bits per heavy atom. The molecule has 8 amide bonds. The molecule has 0 spiro atoms. The molecule has 12 rings (SSSR count). The monoisotopic (exact) mass is 1860 g/mol. The Labute approximate surface area is 811 Å². The number of amides is 8. The number of anilines is 12. The molecule has 0 bridgehead atoms. The van der Waals surface area contributed by atoms with Gasteiger partial charge in [-0.2, -0.15) is 0 Å². The fourth-order valence-electron chi connectivity index (χ4n) is 16.2. The summed E-state index contributed by atoms with van der Waals surface area (Å²) in [6.07, 6.45) is 5.24. The lowest BCUT2D eigenvalue weighted by molar-refractivity contribution is 0.256. The molecule has 0 aliphatic heterocycles. The van der Waals surface area contributed by atoms with Crippen LogP contribution in [0.15, 0.2) is 231 Å². The number of hydrogen-bond acceptors (Lipinski definition) is 12. The van der Waals surface area contributed by atoms with Crippen molar-refractivity contribution in [3.05, 3.63) is 330 Å². The van der Waals surface area contributed by atoms with Crippen LogP contribution in [0, 0.1) is 0 Å². The Hall–Kier alpha value is -13.3. The van der Waals surface area contributed by atoms with Gasteiger partial charge >= 0.3 is 24.1 Å². The van der Waals surface area contributed by atoms with Gasteiger partial charge in [0.05, 0.1) is 77.4 Å². The number of halogens is 2. The minimum atomic E-state index is -0.237. The van der Waals surface area contributed by atoms with E-state index in [1.165, 1.54) is 22.3 Å². The van der Waals surface area contributed by atoms with Crippen molar-refractivity contribution in [3.63, 3.8) is 0 Å². The maximum absolute atomic E-state index is 13.9. The lowest BCUT2D eigenvalue weighted by atomic mass is 9.91. The van der Waals surface area contributed by atoms with Crippen molar-refractivity contribution in [1.29, 1.82) is 0 Å². The molecule has 22 heteroatoms. The van der Waals surface area contributed by atoms with Crippen molar-refractivity contribution >= 4 is 116 Å². The summed E-state index contributed by atoms with van der Waals surface area (Å²) >= 11 is 13.0. The molecule has 12 aromatic rings. The van der Waals surface area contributed by atoms with Crippen LogP contribution in [0.1, 0.15) is 236 Å². The Bertz CT molecular complexity index is 5820. The Morgan fingerprint density at radius 2 is 0.548 bits per heavy atom. The highest BCUT2D eigenvalue weighted by Gasteiger charge is 2.29. The SMILES string of the molecule is CCc1c(N)cc(Cl)c(CC)c1NC(=O)N(Cc1ccc(OC)cc1)c1ccc(C(C)C)cc1.CCc1ccc(N(Cc2ccc(OC)cc2)C(=O)Nc2c(CC)c(N)cc(Cl)c2CC)cc1.CCc1ccc(N)c(CC)c1NC(=O)N(Cc1ccc(OC)cc1)c1ccc(C(C)C)cc1.COc1ccc(CN(C(=O)Nc2c(C(C)C)ccc(N)c2C(C)C)c2ccc(C(C)C)cc2)cc1. The van der Waals surface area contributed by atoms with Crippen LogP contribution >= 0.6 is 23.2 Å². The quantitative estimate of drug-likeness (QED) is 0.0183. The average molecular weight is 1870 g/mol. The van der Waals surface area contributed by atoms with Crippen molar-refractivity contribution in [1.82, 2.24) is 0 Å². The fraction of sp³-hybridized carbons (Fsp3) is 0.327. The van der Waals surface area contributed by atoms with Gasteiger partial charge < -0.3 is 63.1 Å². The molecule has 0 fully saturated rings. The number of nitrogens with one attached hydrogen (secondary N) is 4. The van der Waals surface area contributed by atoms with Crippen molar-refractivity contribution in [2.75, 3.05) is 92.2 Å². The Morgan fingerprint density at radius 1 is 0.281 bits per heavy atom. The number of carbonyl (C=O) groups excluding carboxylic acids is 4. The fourth-order valence-corrected chi connectivity index (χ4v) is 16.9. The third-order valence-electron chi connectivity index (χ3n) is 24.3. The molecule has 0 radical (unpaired) electrons. The van der Waals surface area contributed by atoms with E-state index in [4.69, 9.17) is 65.1 Å². The molecule has 20 nitrogen and oxygen atoms in total. The lowest BCUT2D eigenvalue weighted by Crippen LogP contribution is -2.35. The second-order valence-electron chi connectivity index (χ2n) is 34.9. The van der Waals surface area contributed by atoms with Crippen molar-refractivity contribution in [2.45, 2.75) is 218 Å². The van der Waals surface area contributed by atoms with E-state index >= 15 is 0 Å². The van der Waals surface area contributed by atoms with E-state index in [0.29, 0.717) is 114 Å². The number of benzene rings is 12. The normalized spacial score (nSPS) is 10.9. The first kappa shape index (κ1) is 105. The average Bonchev–Trinajstić information content (AvgIpc) is 0.748. The van der Waals surface area contributed by atoms with Crippen LogP contribution in [0.25, 0.3) is 0 Å². The summed E-state index contributed by atoms with van der Waals surface area (Å²) in [7, 11) is 6.57. The van der Waals surface area contributed by atoms with Crippen LogP contribution in [-0.2, 0) is 71.1 Å². The third kappa shape index (κ3) is 27.9. The molecule has 135 heavy (non-hydrogen) atoms. The van der Waals surface area contributed by atoms with Crippen molar-refractivity contribution in [3.8, 4) is 23.0 Å². The number of methoxy groups -OCH3 is 4. The summed E-state index contributed by atoms with van der Waals surface area (Å²) in [5.74, 6) is 4.79. The van der Waals surface area contributed by atoms with Gasteiger partial charge in [-0.3, -0.25) is 19.6 Å². The van der Waals surface area contributed by atoms with Gasteiger partial charge in [-0.15, -0.1) is 0 Å². The third-order valence-corrected chi connectivity index (χ3v) is 25.0. The molecule has 714 valence electrons. The first-order valence-corrected chi connectivity index (χ1v) is 47.7. The molecule has 0 saturated heterocycles. The number of nitrogens with two attached hydrogens (primary N) is 4. The second-order valence-corrected chi connectivity index (χ2v) is 35.7. The van der Waals surface area contributed by atoms with Gasteiger partial charge in [0.15, 0.2) is 0 Å². The minimum Gasteiger partial charge on any atom is -0.497 e. The van der Waals surface area contributed by atoms with E-state index in [2.05, 4.69) is 160 Å². The maximum Gasteiger partial charge on any atom is 0.326 e. The smallest absolute Gasteiger partial charge is 0.326 e. The number of urea groups is 4. The van der Waals surface area contributed by atoms with Gasteiger partial charge in [-0.25, -0.2) is 19.2 Å². The molecule has 0 atom stereocenters. The second kappa shape index (κ2) is 50.7. The van der Waals surface area contributed by atoms with Crippen LogP contribution in [0.4, 0.5) is 87.4 Å². The number of nitrogens with zero attached hydrogens (tertiary/aromatic N) is 4. The summed E-state index contributed by atoms with van der Waals surface area (Å²) < 4.78 is 21.1. The van der Waals surface area contributed by atoms with Crippen LogP contribution in [0.3, 0.4) is 0 Å². The van der Waals surface area contributed by atoms with E-state index in [-0.39, 0.29) is 36.0 Å². The summed E-state index contributed by atoms with van der Waals surface area (Å²) in [6, 6.07) is 74.2. The maximum atomic E-state index is 13.9. The predicted octanol–water partition coefficient (Wildman–Crippen LogP) is 28.9. The first-order chi connectivity index (χ1) is 64.7. The minimum absolute atomic E-state index is 0.171. The number of nitrogen functional groups attached to an aromatic ring is 4. The van der Waals surface area contributed by atoms with E-state index in [1.807, 2.05) is 198 Å². The standard InChI is InChI=1S/C30H39N3O2.C28H34ClN3O2.C28H35N3O2.C27H32ClN3O2/c1-19(2)23-10-12-24(13-11-23)33(18-22-8-14-25(35-7)15-9-22)30(34)32-29-26(20(3)4)16-17-27(31)28(29)21(5)6;1-6-23-25(29)16-26(30)24(7-2)27(23)31-28(33)32(17-19-8-14-22(34-5)15-9-19)21-12-10-20(11-13-21)18(3)4;1-6-21-12-17-26(29)25(7-2)27(21)30-28(32)31(18-20-8-15-24(33-5)16-9-20)23-13-10-22(11-14-23)19(3)4;1-5-18-8-12-20(13-9-18)31(17-19-10-14-21(33-4)15-11-19)27(32)30-26-22(6-2)24(28)16-25(29)23(26)7-3/h8-17,19-21H,18,31H2,1-7H3,(H,32,34);8-16,18H,6-7,17,30H2,1-5H3,(H,31,33);8-17,19H,6-7,18,29H2,1-5H3,(H,30,32);8-16H,5-7,17,29H2,1-4H3,(H,30,32). The number of hydrogen-bond donors (Lipinski definition) is 8. The van der Waals surface area contributed by atoms with Gasteiger partial charge in [0, 0.05) is 61.1 Å². The van der Waals surface area contributed by atoms with E-state index in [9.17, 15) is 19.2 Å². The molecule has 0 heterocycles. The van der Waals surface area contributed by atoms with Crippen molar-refractivity contribution in [2.24, 2.45) is 0 Å². The predicted molar refractivity (Wildman–Crippen MR) is 568 cm³/mol. The van der Waals surface area contributed by atoms with Crippen LogP contribution in [0.5, 0.6) is 23.0 Å². The Kier molecular flexibility index (Phi) is 39.6. The molecular formula is C113H140Cl2N12O8. The number of aryl methyl sites for hydroxylation is 2. The highest BCUT2D eigenvalue weighted by molar-refractivity contribution is 6.33. The van der Waals surface area contributed by atoms with Gasteiger partial charge in [0.2, 0.25) is 0 Å². The highest BCUT2D eigenvalue weighted by Crippen LogP contribution is 2.41. The number of carbonyl (C=O) groups is 4. The van der Waals surface area contributed by atoms with E-state index in [1.54, 1.807) is 60.2 Å². The molecule has 12 N–H and O–H groups in total. The van der Waals surface area contributed by atoms with Gasteiger partial charge in [-0.05, 0) is 279 Å². The van der Waals surface area contributed by atoms with Crippen LogP contribution in [-0.4, -0.2) is 52.6 Å². The van der Waals surface area contributed by atoms with Gasteiger partial charge in [0.1, 0.15) is 23.0 Å². The molecule has 0 unspecified atom stereocenters. The molecule has 0 saturated carbocycles. The largest absolute Gasteiger partial charge is 0.497 e. The Balaban J connectivity index is 0.000000202. The first-order valence-electron chi connectivity index (χ1n) is 47.0. The molecule has 0 aromatic heterocycles. The summed E-state index contributed by atoms with van der Waals surface area (Å²) in [4.78, 5) is 61.9. The highest BCUT2D eigenvalue weighted by atomic mass is 35.5. The molecule has 0 aliphatic rings. The summed E-state index contributed by atoms with van der Waals surface area (Å²) in [6.45, 7) is 37.4. The number of ether oxygens (including phenoxy) is 4. The molecular weight excluding hydrogens is 1720 g/mol. The number of rotatable bonds is 32. The molecule has 0 aliphatic carbocycles. The lowest BCUT2D eigenvalue weighted by Gasteiger charge is -2.27. The summed E-state index contributed by atoms with van der Waals surface area (Å²) in [5.41, 5.74) is 50.6. The van der Waals surface area contributed by atoms with Crippen molar-refractivity contribution < 1.29 is 38.1 Å². The summed E-state index contributed by atoms with van der Waals surface area (Å²) in [5, 5.41) is 13.8. The van der Waals surface area contributed by atoms with Crippen LogP contribution < -0.4 is 82.7 Å². The van der Waals surface area contributed by atoms with Gasteiger partial charge in [0.25, 0.3) is 0 Å². The zero-order chi connectivity index (χ0) is 98.4. The molecule has 12 aromatic carbocycles. The zero-order valence-electron chi connectivity index (χ0n) is 82.7. The van der Waals surface area contributed by atoms with Crippen LogP contribution in [0.2, 0.25) is 10.0 Å². The van der Waals surface area contributed by atoms with E-state index in [0.717, 1.165) is 143 Å². The van der Waals surface area contributed by atoms with E-state index < -0.39 is 0 Å².